The molecule has 1 aliphatic heterocycles. The normalized spacial score (nSPS) is 20.0. The molecular formula is C74H108N18O23. The van der Waals surface area contributed by atoms with Gasteiger partial charge in [-0.1, -0.05) is 82.7 Å². The van der Waals surface area contributed by atoms with Gasteiger partial charge in [0, 0.05) is 80.1 Å². The number of aliphatic hydroxyl groups excluding tert-OH is 1. The first-order valence-corrected chi connectivity index (χ1v) is 37.7. The van der Waals surface area contributed by atoms with Gasteiger partial charge in [-0.3, -0.25) is 86.3 Å². The Hall–Kier alpha value is -12.2. The van der Waals surface area contributed by atoms with Gasteiger partial charge in [0.2, 0.25) is 88.6 Å². The Morgan fingerprint density at radius 2 is 1.16 bits per heavy atom. The molecule has 2 unspecified atom stereocenters. The quantitative estimate of drug-likeness (QED) is 0.0112. The second-order valence-corrected chi connectivity index (χ2v) is 27.7. The fourth-order valence-corrected chi connectivity index (χ4v) is 11.5. The number of unbranched alkanes of at least 4 members (excludes halogenated alkanes) is 6. The molecule has 41 nitrogen and oxygen atoms in total. The number of nitrogen functional groups attached to an aromatic ring is 1. The number of fused-ring (bicyclic) bond motifs is 1. The van der Waals surface area contributed by atoms with Gasteiger partial charge >= 0.3 is 17.9 Å². The number of aromatic nitrogens is 1. The van der Waals surface area contributed by atoms with Crippen LogP contribution in [-0.4, -0.2) is 265 Å². The van der Waals surface area contributed by atoms with Gasteiger partial charge in [0.15, 0.2) is 5.78 Å². The lowest BCUT2D eigenvalue weighted by atomic mass is 9.96. The molecule has 0 bridgehead atoms. The van der Waals surface area contributed by atoms with E-state index in [0.717, 1.165) is 70.2 Å². The number of nitrogens with one attached hydrogen (secondary N) is 16. The summed E-state index contributed by atoms with van der Waals surface area (Å²) in [6, 6.07) is -2.14. The van der Waals surface area contributed by atoms with Crippen LogP contribution in [0, 0.1) is 5.92 Å². The Bertz CT molecular complexity index is 3930. The van der Waals surface area contributed by atoms with Gasteiger partial charge in [-0.2, -0.15) is 0 Å². The molecule has 0 radical (unpaired) electrons. The zero-order chi connectivity index (χ0) is 85.3. The minimum atomic E-state index is -2.20. The number of esters is 1. The average molecular weight is 1620 g/mol. The van der Waals surface area contributed by atoms with Crippen molar-refractivity contribution in [2.45, 2.75) is 185 Å². The lowest BCUT2D eigenvalue weighted by Crippen LogP contribution is -2.60. The van der Waals surface area contributed by atoms with Crippen molar-refractivity contribution in [2.24, 2.45) is 5.92 Å². The first-order chi connectivity index (χ1) is 54.6. The van der Waals surface area contributed by atoms with Crippen molar-refractivity contribution in [3.63, 3.8) is 0 Å². The van der Waals surface area contributed by atoms with Crippen LogP contribution in [0.2, 0.25) is 0 Å². The number of nitrogens with two attached hydrogens (primary N) is 1. The molecule has 115 heavy (non-hydrogen) atoms. The molecule has 1 aliphatic rings. The molecule has 21 N–H and O–H groups in total. The van der Waals surface area contributed by atoms with E-state index in [9.17, 15) is 106 Å². The molecule has 1 saturated heterocycles. The molecule has 3 aromatic rings. The fourth-order valence-electron chi connectivity index (χ4n) is 11.5. The Morgan fingerprint density at radius 3 is 1.79 bits per heavy atom. The van der Waals surface area contributed by atoms with Crippen LogP contribution in [0.25, 0.3) is 10.9 Å². The number of nitrogens with zero attached hydrogens (tertiary/aromatic N) is 1. The van der Waals surface area contributed by atoms with Crippen molar-refractivity contribution in [3.8, 4) is 0 Å². The van der Waals surface area contributed by atoms with Gasteiger partial charge in [0.1, 0.15) is 54.4 Å². The van der Waals surface area contributed by atoms with Crippen LogP contribution in [0.1, 0.15) is 140 Å². The van der Waals surface area contributed by atoms with E-state index in [-0.39, 0.29) is 56.3 Å². The van der Waals surface area contributed by atoms with Crippen molar-refractivity contribution < 1.29 is 111 Å². The summed E-state index contributed by atoms with van der Waals surface area (Å²) in [5.41, 5.74) is 7.20. The standard InChI is InChI=1S/C74H108N18O23/c1-7-8-9-10-11-12-13-24-57(97)86-50(31-44-34-78-48-22-17-15-19-45(44)48)69(109)80-35-58(98)79-36-62(102)90-66-43(4)115-74(114)52(32-54(94)46-20-14-16-21-47(46)75)89-73(113)65(41(2)30-63(103)104)91-71(111)53(40-93)87-61(101)38-82-70(110)51(33-64(105)106)88-67(107)42(3)84-59(99)37-81-68(108)49(85-60(100)39-83-72(66)112)23-18-27-76-55(95)25-26-56(96)77-28-29-92(5)6/h14-17,19-22,34,41-43,49-53,65-66,78,93H,7-13,18,23-33,35-40,75H2,1-6H3,(H,76,95)(H,77,96)(H,79,98)(H,80,109)(H,81,108)(H,82,110)(H,83,112)(H,84,99)(H,85,100)(H,86,97)(H,87,101)(H,88,107)(H,89,113)(H,90,102)(H,91,111)(H,103,104)(H,105,106)/t41?,42-,43-,49+,50+,51+,52+,53-,65?,66+/m1/s1. The summed E-state index contributed by atoms with van der Waals surface area (Å²) in [6.45, 7) is -0.0400. The minimum absolute atomic E-state index is 0.00541. The number of aromatic amines is 1. The number of para-hydroxylation sites is 2. The maximum Gasteiger partial charge on any atom is 0.329 e. The smallest absolute Gasteiger partial charge is 0.329 e. The number of carbonyl (C=O) groups excluding carboxylic acids is 17. The molecule has 10 atom stereocenters. The third kappa shape index (κ3) is 35.6. The fraction of sp³-hybridized carbons (Fsp3) is 0.554. The van der Waals surface area contributed by atoms with E-state index in [2.05, 4.69) is 91.7 Å². The van der Waals surface area contributed by atoms with Crippen LogP contribution in [0.5, 0.6) is 0 Å². The van der Waals surface area contributed by atoms with E-state index in [1.165, 1.54) is 24.3 Å². The molecule has 15 amide bonds. The number of cyclic esters (lactones) is 1. The highest BCUT2D eigenvalue weighted by Gasteiger charge is 2.39. The number of benzene rings is 2. The third-order valence-corrected chi connectivity index (χ3v) is 17.9. The first kappa shape index (κ1) is 95.2. The van der Waals surface area contributed by atoms with Gasteiger partial charge in [0.05, 0.1) is 52.2 Å². The molecular weight excluding hydrogens is 1510 g/mol. The maximum absolute atomic E-state index is 14.7. The second kappa shape index (κ2) is 50.0. The molecule has 0 saturated carbocycles. The summed E-state index contributed by atoms with van der Waals surface area (Å²) in [5, 5.41) is 65.4. The van der Waals surface area contributed by atoms with E-state index in [4.69, 9.17) is 10.5 Å². The van der Waals surface area contributed by atoms with Crippen molar-refractivity contribution >= 4 is 129 Å². The number of hydrogen-bond acceptors (Lipinski definition) is 23. The number of hydrogen-bond donors (Lipinski definition) is 20. The average Bonchev–Trinajstić information content (AvgIpc) is 1.70. The highest BCUT2D eigenvalue weighted by atomic mass is 16.5. The number of rotatable bonds is 36. The second-order valence-electron chi connectivity index (χ2n) is 27.7. The van der Waals surface area contributed by atoms with Gasteiger partial charge in [-0.25, -0.2) is 4.79 Å². The summed E-state index contributed by atoms with van der Waals surface area (Å²) in [4.78, 5) is 262. The van der Waals surface area contributed by atoms with Crippen LogP contribution in [-0.2, 0) is 97.5 Å². The summed E-state index contributed by atoms with van der Waals surface area (Å²) in [7, 11) is 3.60. The highest BCUT2D eigenvalue weighted by molar-refractivity contribution is 6.04. The summed E-state index contributed by atoms with van der Waals surface area (Å²) < 4.78 is 5.71. The summed E-state index contributed by atoms with van der Waals surface area (Å²) in [6.07, 6.45) is 2.48. The van der Waals surface area contributed by atoms with Gasteiger partial charge in [-0.05, 0) is 76.9 Å². The Morgan fingerprint density at radius 1 is 0.574 bits per heavy atom. The van der Waals surface area contributed by atoms with Crippen molar-refractivity contribution in [1.29, 1.82) is 0 Å². The van der Waals surface area contributed by atoms with Crippen LogP contribution in [0.4, 0.5) is 5.69 Å². The first-order valence-electron chi connectivity index (χ1n) is 37.7. The highest BCUT2D eigenvalue weighted by Crippen LogP contribution is 2.21. The van der Waals surface area contributed by atoms with E-state index in [1.54, 1.807) is 32.4 Å². The zero-order valence-electron chi connectivity index (χ0n) is 65.2. The lowest BCUT2D eigenvalue weighted by Gasteiger charge is -2.29. The number of aliphatic hydroxyl groups is 1. The lowest BCUT2D eigenvalue weighted by molar-refractivity contribution is -0.156. The Kier molecular flexibility index (Phi) is 41.4. The van der Waals surface area contributed by atoms with Crippen molar-refractivity contribution in [2.75, 3.05) is 78.8 Å². The van der Waals surface area contributed by atoms with Crippen molar-refractivity contribution in [3.05, 3.63) is 65.9 Å². The largest absolute Gasteiger partial charge is 0.481 e. The molecule has 1 aromatic heterocycles. The number of carboxylic acid groups (broad SMARTS) is 2. The number of Topliss-reactive ketones (excluding diaryl/α,β-unsaturated/α-hetero) is 1. The van der Waals surface area contributed by atoms with Crippen LogP contribution in [0.3, 0.4) is 0 Å². The van der Waals surface area contributed by atoms with Gasteiger partial charge in [0.25, 0.3) is 0 Å². The zero-order valence-corrected chi connectivity index (χ0v) is 65.2. The van der Waals surface area contributed by atoms with Crippen LogP contribution < -0.4 is 85.5 Å². The topological polar surface area (TPSA) is 620 Å². The van der Waals surface area contributed by atoms with E-state index in [0.29, 0.717) is 25.1 Å². The SMILES string of the molecule is CCCCCCCCCC(=O)N[C@@H](Cc1c[nH]c2ccccc12)C(=O)NCC(=O)NCC(=O)N[C@@H]1C(=O)NCC(=O)N[C@@H](CCCNC(=O)CCC(=O)NCCN(C)C)C(=O)NCC(=O)N[C@H](C)C(=O)N[C@@H](CC(=O)O)C(=O)NCC(=O)N[C@H](CO)C(=O)NC(C(C)CC(=O)O)C(=O)N[C@@H](CC(=O)c2ccccc2N)C(=O)O[C@@H]1C. The molecule has 2 aromatic carbocycles. The van der Waals surface area contributed by atoms with E-state index < -0.39 is 231 Å². The number of likely N-dealkylation sites (N-methyl/N-ethyl adjacent to an activating group) is 1. The van der Waals surface area contributed by atoms with Crippen LogP contribution in [0.15, 0.2) is 54.7 Å². The van der Waals surface area contributed by atoms with Gasteiger partial charge < -0.3 is 115 Å². The van der Waals surface area contributed by atoms with E-state index in [1.807, 2.05) is 17.0 Å². The number of ketones is 1. The van der Waals surface area contributed by atoms with Gasteiger partial charge in [-0.15, -0.1) is 0 Å². The molecule has 41 heteroatoms. The minimum Gasteiger partial charge on any atom is -0.481 e. The molecule has 4 rings (SSSR count). The number of carboxylic acids is 2. The molecule has 632 valence electrons. The number of ether oxygens (including phenoxy) is 1. The molecule has 0 aliphatic carbocycles. The van der Waals surface area contributed by atoms with Crippen molar-refractivity contribution in [1.82, 2.24) is 89.6 Å². The summed E-state index contributed by atoms with van der Waals surface area (Å²) in [5.74, 6) is -22.8. The predicted octanol–water partition coefficient (Wildman–Crippen LogP) is -4.94. The number of anilines is 1. The Labute approximate surface area is 662 Å². The maximum atomic E-state index is 14.7. The number of carbonyl (C=O) groups is 19. The molecule has 1 fully saturated rings. The number of amides is 15. The van der Waals surface area contributed by atoms with Crippen LogP contribution >= 0.6 is 0 Å². The predicted molar refractivity (Wildman–Crippen MR) is 410 cm³/mol. The summed E-state index contributed by atoms with van der Waals surface area (Å²) >= 11 is 0. The third-order valence-electron chi connectivity index (χ3n) is 17.9. The monoisotopic (exact) mass is 1620 g/mol. The molecule has 2 heterocycles. The number of aliphatic carboxylic acids is 2. The Balaban J connectivity index is 1.73. The number of H-pyrrole nitrogens is 1. The van der Waals surface area contributed by atoms with E-state index >= 15 is 0 Å². The molecule has 0 spiro atoms.